The molecule has 1 heterocycles. The van der Waals surface area contributed by atoms with E-state index in [9.17, 15) is 9.90 Å². The molecule has 0 aromatic heterocycles. The van der Waals surface area contributed by atoms with Gasteiger partial charge in [0.2, 0.25) is 0 Å². The van der Waals surface area contributed by atoms with Gasteiger partial charge in [-0.1, -0.05) is 12.1 Å². The molecule has 1 saturated heterocycles. The Labute approximate surface area is 114 Å². The summed E-state index contributed by atoms with van der Waals surface area (Å²) in [6, 6.07) is 7.30. The van der Waals surface area contributed by atoms with Crippen molar-refractivity contribution in [2.45, 2.75) is 25.7 Å². The Morgan fingerprint density at radius 2 is 1.89 bits per heavy atom. The van der Waals surface area contributed by atoms with Crippen molar-refractivity contribution in [1.29, 1.82) is 0 Å². The minimum Gasteiger partial charge on any atom is -0.506 e. The number of rotatable bonds is 6. The van der Waals surface area contributed by atoms with E-state index in [4.69, 9.17) is 0 Å². The molecule has 0 bridgehead atoms. The average molecular weight is 262 g/mol. The van der Waals surface area contributed by atoms with E-state index < -0.39 is 0 Å². The first-order valence-corrected chi connectivity index (χ1v) is 7.01. The van der Waals surface area contributed by atoms with Gasteiger partial charge in [-0.25, -0.2) is 0 Å². The molecule has 0 spiro atoms. The van der Waals surface area contributed by atoms with Gasteiger partial charge in [0, 0.05) is 32.5 Å². The Morgan fingerprint density at radius 1 is 1.16 bits per heavy atom. The zero-order chi connectivity index (χ0) is 13.5. The van der Waals surface area contributed by atoms with Crippen LogP contribution in [0.4, 0.5) is 5.69 Å². The molecular formula is C15H22N2O2. The van der Waals surface area contributed by atoms with Gasteiger partial charge in [-0.15, -0.1) is 0 Å². The minimum atomic E-state index is 0.303. The highest BCUT2D eigenvalue weighted by Gasteiger charge is 2.14. The van der Waals surface area contributed by atoms with Crippen molar-refractivity contribution < 1.29 is 9.90 Å². The van der Waals surface area contributed by atoms with Crippen LogP contribution >= 0.6 is 0 Å². The van der Waals surface area contributed by atoms with E-state index in [-0.39, 0.29) is 0 Å². The number of likely N-dealkylation sites (tertiary alicyclic amines) is 1. The third kappa shape index (κ3) is 4.56. The highest BCUT2D eigenvalue weighted by molar-refractivity contribution is 5.79. The summed E-state index contributed by atoms with van der Waals surface area (Å²) in [5, 5.41) is 12.8. The molecule has 19 heavy (non-hydrogen) atoms. The normalized spacial score (nSPS) is 16.5. The standard InChI is InChI=1S/C15H22N2O2/c18-13-7-11-17(12-8-13)10-4-3-9-16-14-5-1-2-6-15(14)19/h1-2,5-6,16,19H,3-4,7-12H2. The zero-order valence-electron chi connectivity index (χ0n) is 11.3. The first kappa shape index (κ1) is 13.9. The molecule has 1 aliphatic rings. The summed E-state index contributed by atoms with van der Waals surface area (Å²) < 4.78 is 0. The van der Waals surface area contributed by atoms with Gasteiger partial charge in [-0.05, 0) is 31.5 Å². The van der Waals surface area contributed by atoms with Crippen LogP contribution in [0.3, 0.4) is 0 Å². The van der Waals surface area contributed by atoms with Crippen molar-refractivity contribution in [2.24, 2.45) is 0 Å². The first-order chi connectivity index (χ1) is 9.25. The van der Waals surface area contributed by atoms with E-state index in [0.717, 1.165) is 57.5 Å². The Balaban J connectivity index is 1.57. The van der Waals surface area contributed by atoms with Crippen molar-refractivity contribution in [3.8, 4) is 5.75 Å². The number of hydrogen-bond donors (Lipinski definition) is 2. The number of anilines is 1. The van der Waals surface area contributed by atoms with E-state index in [1.165, 1.54) is 0 Å². The van der Waals surface area contributed by atoms with Gasteiger partial charge in [0.05, 0.1) is 5.69 Å². The van der Waals surface area contributed by atoms with Gasteiger partial charge >= 0.3 is 0 Å². The predicted octanol–water partition coefficient (Wildman–Crippen LogP) is 2.25. The van der Waals surface area contributed by atoms with Crippen LogP contribution in [0.5, 0.6) is 5.75 Å². The molecule has 2 rings (SSSR count). The van der Waals surface area contributed by atoms with Gasteiger partial charge in [0.1, 0.15) is 11.5 Å². The lowest BCUT2D eigenvalue weighted by Gasteiger charge is -2.25. The number of aromatic hydroxyl groups is 1. The second-order valence-corrected chi connectivity index (χ2v) is 5.03. The number of Topliss-reactive ketones (excluding diaryl/α,β-unsaturated/α-hetero) is 1. The molecule has 1 fully saturated rings. The molecule has 1 aliphatic heterocycles. The lowest BCUT2D eigenvalue weighted by molar-refractivity contribution is -0.121. The molecule has 1 aromatic carbocycles. The fraction of sp³-hybridized carbons (Fsp3) is 0.533. The largest absolute Gasteiger partial charge is 0.506 e. The smallest absolute Gasteiger partial charge is 0.138 e. The van der Waals surface area contributed by atoms with Gasteiger partial charge in [-0.3, -0.25) is 4.79 Å². The van der Waals surface area contributed by atoms with E-state index in [1.807, 2.05) is 18.2 Å². The quantitative estimate of drug-likeness (QED) is 0.610. The van der Waals surface area contributed by atoms with Crippen LogP contribution in [0.1, 0.15) is 25.7 Å². The lowest BCUT2D eigenvalue weighted by Crippen LogP contribution is -2.34. The number of carbonyl (C=O) groups is 1. The molecule has 0 unspecified atom stereocenters. The minimum absolute atomic E-state index is 0.303. The van der Waals surface area contributed by atoms with Crippen LogP contribution in [0.25, 0.3) is 0 Å². The molecular weight excluding hydrogens is 240 g/mol. The number of piperidine rings is 1. The average Bonchev–Trinajstić information content (AvgIpc) is 2.42. The van der Waals surface area contributed by atoms with Gasteiger partial charge in [0.25, 0.3) is 0 Å². The highest BCUT2D eigenvalue weighted by Crippen LogP contribution is 2.21. The Hall–Kier alpha value is -1.55. The number of benzene rings is 1. The number of unbranched alkanes of at least 4 members (excludes halogenated alkanes) is 1. The van der Waals surface area contributed by atoms with Gasteiger partial charge < -0.3 is 15.3 Å². The first-order valence-electron chi connectivity index (χ1n) is 7.01. The van der Waals surface area contributed by atoms with Crippen LogP contribution in [0, 0.1) is 0 Å². The Morgan fingerprint density at radius 3 is 2.63 bits per heavy atom. The highest BCUT2D eigenvalue weighted by atomic mass is 16.3. The summed E-state index contributed by atoms with van der Waals surface area (Å²) in [6.45, 7) is 3.78. The molecule has 0 atom stereocenters. The number of nitrogens with one attached hydrogen (secondary N) is 1. The monoisotopic (exact) mass is 262 g/mol. The number of carbonyl (C=O) groups excluding carboxylic acids is 1. The van der Waals surface area contributed by atoms with E-state index in [1.54, 1.807) is 6.07 Å². The van der Waals surface area contributed by atoms with E-state index >= 15 is 0 Å². The summed E-state index contributed by atoms with van der Waals surface area (Å²) in [5.74, 6) is 0.703. The molecule has 0 radical (unpaired) electrons. The molecule has 2 N–H and O–H groups in total. The van der Waals surface area contributed by atoms with Crippen molar-refractivity contribution in [1.82, 2.24) is 4.90 Å². The maximum Gasteiger partial charge on any atom is 0.138 e. The van der Waals surface area contributed by atoms with Crippen molar-refractivity contribution in [3.05, 3.63) is 24.3 Å². The SMILES string of the molecule is O=C1CCN(CCCCNc2ccccc2O)CC1. The summed E-state index contributed by atoms with van der Waals surface area (Å²) in [4.78, 5) is 13.5. The number of para-hydroxylation sites is 2. The molecule has 0 aliphatic carbocycles. The maximum absolute atomic E-state index is 11.1. The maximum atomic E-state index is 11.1. The van der Waals surface area contributed by atoms with E-state index in [0.29, 0.717) is 11.5 Å². The summed E-state index contributed by atoms with van der Waals surface area (Å²) in [7, 11) is 0. The van der Waals surface area contributed by atoms with Crippen LogP contribution in [-0.2, 0) is 4.79 Å². The number of nitrogens with zero attached hydrogens (tertiary/aromatic N) is 1. The van der Waals surface area contributed by atoms with Crippen LogP contribution in [0.15, 0.2) is 24.3 Å². The van der Waals surface area contributed by atoms with Gasteiger partial charge in [-0.2, -0.15) is 0 Å². The van der Waals surface area contributed by atoms with Crippen LogP contribution in [0.2, 0.25) is 0 Å². The number of phenols is 1. The molecule has 4 nitrogen and oxygen atoms in total. The summed E-state index contributed by atoms with van der Waals surface area (Å²) in [5.41, 5.74) is 0.797. The topological polar surface area (TPSA) is 52.6 Å². The Bertz CT molecular complexity index is 410. The molecule has 104 valence electrons. The van der Waals surface area contributed by atoms with Crippen molar-refractivity contribution >= 4 is 11.5 Å². The lowest BCUT2D eigenvalue weighted by atomic mass is 10.1. The van der Waals surface area contributed by atoms with Crippen LogP contribution < -0.4 is 5.32 Å². The van der Waals surface area contributed by atoms with E-state index in [2.05, 4.69) is 10.2 Å². The number of ketones is 1. The molecule has 0 amide bonds. The number of hydrogen-bond acceptors (Lipinski definition) is 4. The second-order valence-electron chi connectivity index (χ2n) is 5.03. The predicted molar refractivity (Wildman–Crippen MR) is 76.5 cm³/mol. The summed E-state index contributed by atoms with van der Waals surface area (Å²) >= 11 is 0. The second kappa shape index (κ2) is 7.14. The molecule has 1 aromatic rings. The zero-order valence-corrected chi connectivity index (χ0v) is 11.3. The Kier molecular flexibility index (Phi) is 5.21. The van der Waals surface area contributed by atoms with Crippen LogP contribution in [-0.4, -0.2) is 42.0 Å². The summed E-state index contributed by atoms with van der Waals surface area (Å²) in [6.07, 6.45) is 3.62. The van der Waals surface area contributed by atoms with Crippen molar-refractivity contribution in [3.63, 3.8) is 0 Å². The molecule has 4 heteroatoms. The fourth-order valence-corrected chi connectivity index (χ4v) is 2.33. The third-order valence-corrected chi connectivity index (χ3v) is 3.53. The fourth-order valence-electron chi connectivity index (χ4n) is 2.33. The third-order valence-electron chi connectivity index (χ3n) is 3.53. The van der Waals surface area contributed by atoms with Gasteiger partial charge in [0.15, 0.2) is 0 Å². The van der Waals surface area contributed by atoms with Crippen molar-refractivity contribution in [2.75, 3.05) is 31.5 Å². The number of phenolic OH excluding ortho intramolecular Hbond substituents is 1. The molecule has 0 saturated carbocycles.